The molecule has 0 heterocycles. The van der Waals surface area contributed by atoms with Crippen molar-refractivity contribution < 1.29 is 0 Å². The molecule has 108 valence electrons. The Kier molecular flexibility index (Phi) is 4.87. The number of hydrogen-bond acceptors (Lipinski definition) is 1. The van der Waals surface area contributed by atoms with E-state index in [0.717, 1.165) is 11.7 Å². The van der Waals surface area contributed by atoms with E-state index in [1.165, 1.54) is 10.6 Å². The lowest BCUT2D eigenvalue weighted by molar-refractivity contribution is 1.49. The summed E-state index contributed by atoms with van der Waals surface area (Å²) >= 11 is 6.18. The molecule has 0 saturated heterocycles. The minimum absolute atomic E-state index is 0.778. The molecule has 0 aliphatic heterocycles. The van der Waals surface area contributed by atoms with E-state index in [2.05, 4.69) is 66.8 Å². The fraction of sp³-hybridized carbons (Fsp3) is 0.0500. The zero-order valence-corrected chi connectivity index (χ0v) is 13.9. The van der Waals surface area contributed by atoms with Gasteiger partial charge in [0.1, 0.15) is 0 Å². The highest BCUT2D eigenvalue weighted by atomic mass is 32.7. The third kappa shape index (κ3) is 3.38. The Labute approximate surface area is 138 Å². The van der Waals surface area contributed by atoms with Gasteiger partial charge in [0.15, 0.2) is 0 Å². The molecule has 3 rings (SSSR count). The molecular weight excluding hydrogens is 303 g/mol. The van der Waals surface area contributed by atoms with Crippen molar-refractivity contribution in [3.05, 3.63) is 103 Å². The molecule has 0 saturated carbocycles. The molecule has 0 N–H and O–H groups in total. The first kappa shape index (κ1) is 15.2. The van der Waals surface area contributed by atoms with Crippen LogP contribution in [0.5, 0.6) is 0 Å². The molecule has 0 bridgehead atoms. The van der Waals surface area contributed by atoms with Gasteiger partial charge in [0, 0.05) is 42.5 Å². The summed E-state index contributed by atoms with van der Waals surface area (Å²) in [5.41, 5.74) is 1.11. The van der Waals surface area contributed by atoms with E-state index in [-0.39, 0.29) is 0 Å². The van der Waals surface area contributed by atoms with Crippen molar-refractivity contribution in [3.63, 3.8) is 0 Å². The molecule has 0 aromatic heterocycles. The summed E-state index contributed by atoms with van der Waals surface area (Å²) in [6.07, 6.45) is 14.6. The first-order valence-corrected chi connectivity index (χ1v) is 10.3. The van der Waals surface area contributed by atoms with Gasteiger partial charge >= 0.3 is 0 Å². The number of allylic oxidation sites excluding steroid dienone is 6. The molecule has 1 aliphatic carbocycles. The van der Waals surface area contributed by atoms with Crippen LogP contribution in [-0.2, 0) is 12.2 Å². The second-order valence-electron chi connectivity index (χ2n) is 5.11. The van der Waals surface area contributed by atoms with Crippen molar-refractivity contribution in [3.8, 4) is 0 Å². The summed E-state index contributed by atoms with van der Waals surface area (Å²) in [5.74, 6) is 0. The van der Waals surface area contributed by atoms with Gasteiger partial charge in [-0.15, -0.1) is 6.08 Å². The van der Waals surface area contributed by atoms with Crippen LogP contribution in [0.2, 0.25) is 0 Å². The van der Waals surface area contributed by atoms with Gasteiger partial charge in [0.05, 0.1) is 10.6 Å². The van der Waals surface area contributed by atoms with Gasteiger partial charge < -0.3 is 12.2 Å². The van der Waals surface area contributed by atoms with Crippen LogP contribution in [-0.4, -0.2) is 6.16 Å². The Morgan fingerprint density at radius 2 is 1.32 bits per heavy atom. The van der Waals surface area contributed by atoms with Gasteiger partial charge in [-0.2, -0.15) is 0 Å². The summed E-state index contributed by atoms with van der Waals surface area (Å²) in [7, 11) is 0. The third-order valence-electron chi connectivity index (χ3n) is 3.63. The van der Waals surface area contributed by atoms with E-state index in [4.69, 9.17) is 12.2 Å². The van der Waals surface area contributed by atoms with E-state index in [1.54, 1.807) is 0 Å². The molecule has 0 unspecified atom stereocenters. The van der Waals surface area contributed by atoms with E-state index in [1.807, 2.05) is 30.7 Å². The van der Waals surface area contributed by atoms with Gasteiger partial charge in [-0.25, -0.2) is 0 Å². The summed E-state index contributed by atoms with van der Waals surface area (Å²) in [6, 6.07) is 21.0. The first-order valence-electron chi connectivity index (χ1n) is 7.28. The average Bonchev–Trinajstić information content (AvgIpc) is 2.62. The Morgan fingerprint density at radius 1 is 0.818 bits per heavy atom. The maximum absolute atomic E-state index is 6.18. The van der Waals surface area contributed by atoms with Crippen molar-refractivity contribution >= 4 is 29.3 Å². The van der Waals surface area contributed by atoms with E-state index in [9.17, 15) is 0 Å². The van der Waals surface area contributed by atoms with E-state index < -0.39 is 6.46 Å². The first-order chi connectivity index (χ1) is 10.8. The largest absolute Gasteiger partial charge is 0.546 e. The molecule has 22 heavy (non-hydrogen) atoms. The van der Waals surface area contributed by atoms with Crippen LogP contribution in [0.25, 0.3) is 0 Å². The summed E-state index contributed by atoms with van der Waals surface area (Å²) in [5, 5.41) is 2.50. The molecule has 0 amide bonds. The lowest BCUT2D eigenvalue weighted by atomic mass is 10.1. The average molecular weight is 320 g/mol. The van der Waals surface area contributed by atoms with Crippen LogP contribution in [0.4, 0.5) is 0 Å². The monoisotopic (exact) mass is 320 g/mol. The fourth-order valence-electron chi connectivity index (χ4n) is 2.43. The number of rotatable bonds is 4. The second-order valence-corrected chi connectivity index (χ2v) is 9.81. The zero-order valence-electron chi connectivity index (χ0n) is 12.2. The molecule has 0 spiro atoms. The standard InChI is InChI=1S/C20H17PS/c22-21(19-12-6-2-7-13-19,20-14-8-3-9-15-20)17-16-18-10-4-1-5-11-18/h1-15H,17H2. The Morgan fingerprint density at radius 3 is 1.82 bits per heavy atom. The Bertz CT molecular complexity index is 646. The highest BCUT2D eigenvalue weighted by Crippen LogP contribution is 2.54. The Hall–Kier alpha value is -1.69. The predicted molar refractivity (Wildman–Crippen MR) is 101 cm³/mol. The van der Waals surface area contributed by atoms with E-state index >= 15 is 0 Å². The molecule has 0 radical (unpaired) electrons. The molecule has 2 aromatic rings. The topological polar surface area (TPSA) is 0 Å². The minimum Gasteiger partial charge on any atom is -0.546 e. The quantitative estimate of drug-likeness (QED) is 0.463. The van der Waals surface area contributed by atoms with Crippen LogP contribution in [0.1, 0.15) is 0 Å². The lowest BCUT2D eigenvalue weighted by Crippen LogP contribution is -2.22. The van der Waals surface area contributed by atoms with Crippen molar-refractivity contribution in [2.24, 2.45) is 0 Å². The normalized spacial score (nSPS) is 13.8. The summed E-state index contributed by atoms with van der Waals surface area (Å²) in [4.78, 5) is 0. The second kappa shape index (κ2) is 7.05. The maximum atomic E-state index is 6.18. The highest BCUT2D eigenvalue weighted by Gasteiger charge is 2.26. The molecule has 2 aromatic carbocycles. The van der Waals surface area contributed by atoms with Crippen molar-refractivity contribution in [2.75, 3.05) is 6.16 Å². The lowest BCUT2D eigenvalue weighted by Gasteiger charge is -2.33. The smallest absolute Gasteiger partial charge is 0.0770 e. The Balaban J connectivity index is 1.98. The molecule has 0 atom stereocenters. The van der Waals surface area contributed by atoms with Crippen LogP contribution in [0.15, 0.2) is 90.5 Å². The number of benzene rings is 2. The third-order valence-corrected chi connectivity index (χ3v) is 8.15. The minimum atomic E-state index is -1.87. The molecule has 2 heteroatoms. The zero-order chi connectivity index (χ0) is 15.3. The van der Waals surface area contributed by atoms with Gasteiger partial charge in [0.25, 0.3) is 0 Å². The van der Waals surface area contributed by atoms with Crippen molar-refractivity contribution in [2.45, 2.75) is 0 Å². The van der Waals surface area contributed by atoms with Crippen molar-refractivity contribution in [1.82, 2.24) is 0 Å². The van der Waals surface area contributed by atoms with Gasteiger partial charge in [-0.3, -0.25) is 0 Å². The van der Waals surface area contributed by atoms with Crippen LogP contribution >= 0.6 is 6.46 Å². The molecular formula is C20H17PS. The summed E-state index contributed by atoms with van der Waals surface area (Å²) < 4.78 is 0. The number of hydrogen-bond donors (Lipinski definition) is 0. The van der Waals surface area contributed by atoms with Crippen LogP contribution in [0, 0.1) is 12.5 Å². The maximum Gasteiger partial charge on any atom is 0.0770 e. The fourth-order valence-corrected chi connectivity index (χ4v) is 5.73. The molecule has 0 fully saturated rings. The molecule has 1 aliphatic rings. The highest BCUT2D eigenvalue weighted by molar-refractivity contribution is 8.48. The van der Waals surface area contributed by atoms with Gasteiger partial charge in [-0.05, 0) is 30.7 Å². The summed E-state index contributed by atoms with van der Waals surface area (Å²) in [6.45, 7) is -1.87. The SMILES string of the molecule is [S-][P+](C[C-]=C1C=C[CH+]C=C1)(c1ccccc1)c1ccccc1. The van der Waals surface area contributed by atoms with Crippen LogP contribution < -0.4 is 10.6 Å². The van der Waals surface area contributed by atoms with Gasteiger partial charge in [-0.1, -0.05) is 36.4 Å². The van der Waals surface area contributed by atoms with Crippen molar-refractivity contribution in [1.29, 1.82) is 0 Å². The van der Waals surface area contributed by atoms with E-state index in [0.29, 0.717) is 0 Å². The predicted octanol–water partition coefficient (Wildman–Crippen LogP) is 4.18. The molecule has 0 nitrogen and oxygen atoms in total. The van der Waals surface area contributed by atoms with Crippen LogP contribution in [0.3, 0.4) is 0 Å². The van der Waals surface area contributed by atoms with Gasteiger partial charge in [0.2, 0.25) is 0 Å².